The molecule has 0 aromatic heterocycles. The number of hydrogen-bond donors (Lipinski definition) is 0. The average Bonchev–Trinajstić information content (AvgIpc) is 2.45. The summed E-state index contributed by atoms with van der Waals surface area (Å²) in [6.45, 7) is 3.10. The lowest BCUT2D eigenvalue weighted by Gasteiger charge is -2.35. The van der Waals surface area contributed by atoms with Crippen LogP contribution in [-0.4, -0.2) is 31.7 Å². The Kier molecular flexibility index (Phi) is 4.44. The van der Waals surface area contributed by atoms with Gasteiger partial charge in [-0.3, -0.25) is 4.79 Å². The van der Waals surface area contributed by atoms with Crippen LogP contribution < -0.4 is 9.80 Å². The van der Waals surface area contributed by atoms with Gasteiger partial charge in [-0.15, -0.1) is 0 Å². The van der Waals surface area contributed by atoms with Crippen molar-refractivity contribution in [2.45, 2.75) is 38.4 Å². The van der Waals surface area contributed by atoms with Crippen LogP contribution in [0.5, 0.6) is 0 Å². The quantitative estimate of drug-likeness (QED) is 0.833. The summed E-state index contributed by atoms with van der Waals surface area (Å²) in [6.07, 6.45) is -1.40. The summed E-state index contributed by atoms with van der Waals surface area (Å²) < 4.78 is 37.2. The zero-order valence-corrected chi connectivity index (χ0v) is 12.2. The largest absolute Gasteiger partial charge is 0.471 e. The van der Waals surface area contributed by atoms with E-state index in [9.17, 15) is 18.0 Å². The smallest absolute Gasteiger partial charge is 0.369 e. The van der Waals surface area contributed by atoms with Gasteiger partial charge in [-0.2, -0.15) is 13.2 Å². The molecule has 116 valence electrons. The Labute approximate surface area is 122 Å². The minimum Gasteiger partial charge on any atom is -0.369 e. The fraction of sp³-hybridized carbons (Fsp3) is 0.533. The topological polar surface area (TPSA) is 23.6 Å². The number of hydrogen-bond acceptors (Lipinski definition) is 2. The van der Waals surface area contributed by atoms with Gasteiger partial charge in [0.25, 0.3) is 0 Å². The summed E-state index contributed by atoms with van der Waals surface area (Å²) in [4.78, 5) is 14.1. The van der Waals surface area contributed by atoms with Crippen molar-refractivity contribution in [2.75, 3.05) is 23.4 Å². The molecule has 1 aliphatic rings. The van der Waals surface area contributed by atoms with E-state index in [4.69, 9.17) is 0 Å². The number of carbonyl (C=O) groups is 1. The lowest BCUT2D eigenvalue weighted by molar-refractivity contribution is -0.170. The predicted molar refractivity (Wildman–Crippen MR) is 76.6 cm³/mol. The summed E-state index contributed by atoms with van der Waals surface area (Å²) in [5, 5.41) is 0. The summed E-state index contributed by atoms with van der Waals surface area (Å²) in [5.74, 6) is -1.86. The van der Waals surface area contributed by atoms with Crippen molar-refractivity contribution in [1.82, 2.24) is 0 Å². The Morgan fingerprint density at radius 3 is 2.38 bits per heavy atom. The van der Waals surface area contributed by atoms with Crippen LogP contribution in [0.25, 0.3) is 0 Å². The first-order valence-electron chi connectivity index (χ1n) is 7.02. The molecule has 21 heavy (non-hydrogen) atoms. The predicted octanol–water partition coefficient (Wildman–Crippen LogP) is 3.59. The van der Waals surface area contributed by atoms with E-state index in [1.807, 2.05) is 0 Å². The summed E-state index contributed by atoms with van der Waals surface area (Å²) in [7, 11) is 1.13. The standard InChI is InChI=1S/C15H19F3N2O/c1-11-5-3-4-10-20(11)13-8-6-12(7-9-13)19(2)14(21)15(16,17)18/h6-9,11H,3-5,10H2,1-2H3/t11-/m0/s1. The van der Waals surface area contributed by atoms with E-state index >= 15 is 0 Å². The lowest BCUT2D eigenvalue weighted by atomic mass is 10.0. The maximum atomic E-state index is 12.4. The fourth-order valence-corrected chi connectivity index (χ4v) is 2.66. The van der Waals surface area contributed by atoms with Gasteiger partial charge >= 0.3 is 12.1 Å². The van der Waals surface area contributed by atoms with Gasteiger partial charge in [0.1, 0.15) is 0 Å². The number of anilines is 2. The molecule has 0 bridgehead atoms. The molecule has 3 nitrogen and oxygen atoms in total. The van der Waals surface area contributed by atoms with Gasteiger partial charge in [-0.05, 0) is 50.5 Å². The Balaban J connectivity index is 2.13. The fourth-order valence-electron chi connectivity index (χ4n) is 2.66. The van der Waals surface area contributed by atoms with E-state index in [1.54, 1.807) is 24.3 Å². The summed E-state index contributed by atoms with van der Waals surface area (Å²) >= 11 is 0. The molecule has 0 unspecified atom stereocenters. The van der Waals surface area contributed by atoms with Crippen LogP contribution in [0.1, 0.15) is 26.2 Å². The first kappa shape index (κ1) is 15.7. The molecule has 1 saturated heterocycles. The van der Waals surface area contributed by atoms with E-state index in [1.165, 1.54) is 6.42 Å². The third-order valence-corrected chi connectivity index (χ3v) is 3.92. The van der Waals surface area contributed by atoms with Crippen LogP contribution in [0.15, 0.2) is 24.3 Å². The second-order valence-corrected chi connectivity index (χ2v) is 5.42. The molecule has 1 aromatic rings. The van der Waals surface area contributed by atoms with Crippen molar-refractivity contribution in [3.8, 4) is 0 Å². The summed E-state index contributed by atoms with van der Waals surface area (Å²) in [5.41, 5.74) is 1.23. The van der Waals surface area contributed by atoms with Crippen molar-refractivity contribution in [3.63, 3.8) is 0 Å². The molecular formula is C15H19F3N2O. The Morgan fingerprint density at radius 1 is 1.24 bits per heavy atom. The van der Waals surface area contributed by atoms with E-state index < -0.39 is 12.1 Å². The highest BCUT2D eigenvalue weighted by molar-refractivity contribution is 5.96. The molecule has 2 rings (SSSR count). The highest BCUT2D eigenvalue weighted by atomic mass is 19.4. The highest BCUT2D eigenvalue weighted by Gasteiger charge is 2.41. The Morgan fingerprint density at radius 2 is 1.86 bits per heavy atom. The van der Waals surface area contributed by atoms with E-state index in [0.29, 0.717) is 10.9 Å². The number of alkyl halides is 3. The number of halogens is 3. The third-order valence-electron chi connectivity index (χ3n) is 3.92. The van der Waals surface area contributed by atoms with Crippen LogP contribution in [-0.2, 0) is 4.79 Å². The number of benzene rings is 1. The van der Waals surface area contributed by atoms with Crippen LogP contribution in [0.4, 0.5) is 24.5 Å². The molecule has 1 aliphatic heterocycles. The van der Waals surface area contributed by atoms with Crippen molar-refractivity contribution in [1.29, 1.82) is 0 Å². The van der Waals surface area contributed by atoms with Gasteiger partial charge in [0.15, 0.2) is 0 Å². The lowest BCUT2D eigenvalue weighted by Crippen LogP contribution is -2.39. The molecule has 0 N–H and O–H groups in total. The average molecular weight is 300 g/mol. The second-order valence-electron chi connectivity index (χ2n) is 5.42. The van der Waals surface area contributed by atoms with Gasteiger partial charge in [0.2, 0.25) is 0 Å². The normalized spacial score (nSPS) is 19.5. The van der Waals surface area contributed by atoms with Gasteiger partial charge < -0.3 is 9.80 Å². The molecule has 1 atom stereocenters. The van der Waals surface area contributed by atoms with Gasteiger partial charge in [0.05, 0.1) is 0 Å². The zero-order valence-electron chi connectivity index (χ0n) is 12.2. The van der Waals surface area contributed by atoms with Crippen molar-refractivity contribution in [3.05, 3.63) is 24.3 Å². The molecule has 1 amide bonds. The number of piperidine rings is 1. The van der Waals surface area contributed by atoms with E-state index in [0.717, 1.165) is 32.1 Å². The maximum Gasteiger partial charge on any atom is 0.471 e. The van der Waals surface area contributed by atoms with Crippen LogP contribution in [0, 0.1) is 0 Å². The van der Waals surface area contributed by atoms with Crippen LogP contribution in [0.2, 0.25) is 0 Å². The van der Waals surface area contributed by atoms with Crippen molar-refractivity contribution >= 4 is 17.3 Å². The number of carbonyl (C=O) groups excluding carboxylic acids is 1. The molecule has 0 radical (unpaired) electrons. The third kappa shape index (κ3) is 3.49. The van der Waals surface area contributed by atoms with Crippen LogP contribution >= 0.6 is 0 Å². The second kappa shape index (κ2) is 5.95. The van der Waals surface area contributed by atoms with E-state index in [2.05, 4.69) is 11.8 Å². The first-order valence-corrected chi connectivity index (χ1v) is 7.02. The highest BCUT2D eigenvalue weighted by Crippen LogP contribution is 2.28. The molecule has 0 aliphatic carbocycles. The number of amides is 1. The van der Waals surface area contributed by atoms with Gasteiger partial charge in [0, 0.05) is 31.0 Å². The van der Waals surface area contributed by atoms with Crippen molar-refractivity contribution < 1.29 is 18.0 Å². The van der Waals surface area contributed by atoms with Crippen LogP contribution in [0.3, 0.4) is 0 Å². The molecular weight excluding hydrogens is 281 g/mol. The summed E-state index contributed by atoms with van der Waals surface area (Å²) in [6, 6.07) is 7.09. The molecule has 6 heteroatoms. The number of rotatable bonds is 2. The van der Waals surface area contributed by atoms with E-state index in [-0.39, 0.29) is 5.69 Å². The zero-order chi connectivity index (χ0) is 15.6. The first-order chi connectivity index (χ1) is 9.80. The van der Waals surface area contributed by atoms with Crippen molar-refractivity contribution in [2.24, 2.45) is 0 Å². The Bertz CT molecular complexity index is 499. The molecule has 0 spiro atoms. The SMILES string of the molecule is C[C@H]1CCCCN1c1ccc(N(C)C(=O)C(F)(F)F)cc1. The molecule has 0 saturated carbocycles. The molecule has 1 aromatic carbocycles. The van der Waals surface area contributed by atoms with Gasteiger partial charge in [-0.1, -0.05) is 0 Å². The monoisotopic (exact) mass is 300 g/mol. The molecule has 1 fully saturated rings. The molecule has 1 heterocycles. The Hall–Kier alpha value is -1.72. The van der Waals surface area contributed by atoms with Gasteiger partial charge in [-0.25, -0.2) is 0 Å². The minimum atomic E-state index is -4.85. The minimum absolute atomic E-state index is 0.241. The maximum absolute atomic E-state index is 12.4. The number of nitrogens with zero attached hydrogens (tertiary/aromatic N) is 2.